The number of hydrazine groups is 1. The number of nitrogens with zero attached hydrogens (tertiary/aromatic N) is 2. The molecule has 2 aromatic rings. The van der Waals surface area contributed by atoms with Gasteiger partial charge in [0.25, 0.3) is 5.91 Å². The number of carbonyl (C=O) groups excluding carboxylic acids is 1. The Morgan fingerprint density at radius 1 is 1.30 bits per heavy atom. The van der Waals surface area contributed by atoms with Crippen LogP contribution in [0.1, 0.15) is 40.9 Å². The van der Waals surface area contributed by atoms with E-state index < -0.39 is 0 Å². The number of halogens is 2. The third kappa shape index (κ3) is 5.42. The van der Waals surface area contributed by atoms with Gasteiger partial charge in [-0.1, -0.05) is 43.0 Å². The monoisotopic (exact) mass is 427 g/mol. The van der Waals surface area contributed by atoms with E-state index in [0.29, 0.717) is 41.4 Å². The van der Waals surface area contributed by atoms with Crippen molar-refractivity contribution in [3.8, 4) is 11.3 Å². The lowest BCUT2D eigenvalue weighted by molar-refractivity contribution is 0.0126. The maximum atomic E-state index is 12.7. The van der Waals surface area contributed by atoms with Gasteiger partial charge in [-0.3, -0.25) is 10.2 Å². The molecule has 0 aliphatic carbocycles. The van der Waals surface area contributed by atoms with Crippen molar-refractivity contribution in [3.63, 3.8) is 0 Å². The van der Waals surface area contributed by atoms with Crippen LogP contribution in [0.25, 0.3) is 11.3 Å². The van der Waals surface area contributed by atoms with Gasteiger partial charge in [-0.25, -0.2) is 9.99 Å². The molecule has 1 N–H and O–H groups in total. The first-order valence-corrected chi connectivity index (χ1v) is 10.7. The number of aryl methyl sites for hydroxylation is 1. The summed E-state index contributed by atoms with van der Waals surface area (Å²) in [6.45, 7) is 4.75. The molecule has 1 fully saturated rings. The summed E-state index contributed by atoms with van der Waals surface area (Å²) in [7, 11) is 0. The van der Waals surface area contributed by atoms with Gasteiger partial charge in [0, 0.05) is 28.6 Å². The Morgan fingerprint density at radius 2 is 2.07 bits per heavy atom. The van der Waals surface area contributed by atoms with Gasteiger partial charge in [0.05, 0.1) is 23.9 Å². The van der Waals surface area contributed by atoms with E-state index in [4.69, 9.17) is 27.9 Å². The van der Waals surface area contributed by atoms with Crippen LogP contribution in [0.15, 0.2) is 18.2 Å². The summed E-state index contributed by atoms with van der Waals surface area (Å²) < 4.78 is 5.31. The van der Waals surface area contributed by atoms with E-state index in [1.54, 1.807) is 12.1 Å². The second-order valence-corrected chi connectivity index (χ2v) is 8.34. The summed E-state index contributed by atoms with van der Waals surface area (Å²) in [5.74, 6) is -0.192. The number of hydrogen-bond acceptors (Lipinski definition) is 5. The molecule has 0 saturated carbocycles. The average Bonchev–Trinajstić information content (AvgIpc) is 3.09. The van der Waals surface area contributed by atoms with Crippen LogP contribution >= 0.6 is 34.5 Å². The lowest BCUT2D eigenvalue weighted by Crippen LogP contribution is -2.48. The Hall–Kier alpha value is -1.18. The van der Waals surface area contributed by atoms with Gasteiger partial charge < -0.3 is 4.74 Å². The van der Waals surface area contributed by atoms with Gasteiger partial charge >= 0.3 is 0 Å². The minimum atomic E-state index is -0.192. The molecule has 1 aliphatic heterocycles. The number of hydrogen-bond donors (Lipinski definition) is 1. The van der Waals surface area contributed by atoms with Crippen LogP contribution in [0.5, 0.6) is 0 Å². The Bertz CT molecular complexity index is 791. The maximum absolute atomic E-state index is 12.7. The Kier molecular flexibility index (Phi) is 7.49. The summed E-state index contributed by atoms with van der Waals surface area (Å²) in [6, 6.07) is 5.33. The molecule has 8 heteroatoms. The van der Waals surface area contributed by atoms with Crippen molar-refractivity contribution < 1.29 is 9.53 Å². The number of carbonyl (C=O) groups is 1. The Labute approximate surface area is 173 Å². The number of aromatic nitrogens is 1. The van der Waals surface area contributed by atoms with E-state index in [1.807, 2.05) is 11.1 Å². The van der Waals surface area contributed by atoms with Crippen LogP contribution in [-0.2, 0) is 11.2 Å². The molecule has 3 rings (SSSR count). The van der Waals surface area contributed by atoms with Crippen LogP contribution in [0.3, 0.4) is 0 Å². The molecule has 146 valence electrons. The molecule has 27 heavy (non-hydrogen) atoms. The molecule has 1 aromatic carbocycles. The van der Waals surface area contributed by atoms with Crippen molar-refractivity contribution in [1.82, 2.24) is 15.4 Å². The molecule has 1 aromatic heterocycles. The normalized spacial score (nSPS) is 15.1. The molecule has 0 bridgehead atoms. The van der Waals surface area contributed by atoms with Crippen LogP contribution < -0.4 is 5.43 Å². The van der Waals surface area contributed by atoms with Gasteiger partial charge in [0.15, 0.2) is 5.01 Å². The summed E-state index contributed by atoms with van der Waals surface area (Å²) in [5.41, 5.74) is 4.46. The van der Waals surface area contributed by atoms with E-state index in [9.17, 15) is 4.79 Å². The van der Waals surface area contributed by atoms with E-state index in [2.05, 4.69) is 17.3 Å². The van der Waals surface area contributed by atoms with Crippen molar-refractivity contribution in [2.75, 3.05) is 26.3 Å². The van der Waals surface area contributed by atoms with Crippen LogP contribution in [0.2, 0.25) is 10.0 Å². The van der Waals surface area contributed by atoms with E-state index in [0.717, 1.165) is 41.8 Å². The zero-order valence-corrected chi connectivity index (χ0v) is 17.6. The van der Waals surface area contributed by atoms with E-state index in [1.165, 1.54) is 11.3 Å². The highest BCUT2D eigenvalue weighted by Crippen LogP contribution is 2.35. The Morgan fingerprint density at radius 3 is 2.81 bits per heavy atom. The first kappa shape index (κ1) is 20.6. The highest BCUT2D eigenvalue weighted by atomic mass is 35.5. The molecule has 0 atom stereocenters. The van der Waals surface area contributed by atoms with Gasteiger partial charge in [-0.15, -0.1) is 11.3 Å². The van der Waals surface area contributed by atoms with Crippen molar-refractivity contribution in [1.29, 1.82) is 0 Å². The van der Waals surface area contributed by atoms with E-state index >= 15 is 0 Å². The second kappa shape index (κ2) is 9.85. The van der Waals surface area contributed by atoms with Crippen molar-refractivity contribution in [2.45, 2.75) is 32.6 Å². The molecule has 1 saturated heterocycles. The largest absolute Gasteiger partial charge is 0.379 e. The fraction of sp³-hybridized carbons (Fsp3) is 0.474. The molecule has 5 nitrogen and oxygen atoms in total. The zero-order valence-electron chi connectivity index (χ0n) is 15.3. The van der Waals surface area contributed by atoms with Crippen LogP contribution in [-0.4, -0.2) is 42.2 Å². The third-order valence-corrected chi connectivity index (χ3v) is 6.03. The van der Waals surface area contributed by atoms with Gasteiger partial charge in [0.2, 0.25) is 0 Å². The number of thiazole rings is 1. The molecular weight excluding hydrogens is 405 g/mol. The quantitative estimate of drug-likeness (QED) is 0.642. The zero-order chi connectivity index (χ0) is 19.2. The third-order valence-electron chi connectivity index (χ3n) is 4.35. The highest BCUT2D eigenvalue weighted by Gasteiger charge is 2.22. The molecular formula is C19H23Cl2N3O2S. The minimum Gasteiger partial charge on any atom is -0.379 e. The number of amides is 1. The number of ether oxygens (including phenoxy) is 1. The summed E-state index contributed by atoms with van der Waals surface area (Å²) in [6.07, 6.45) is 4.19. The average molecular weight is 428 g/mol. The highest BCUT2D eigenvalue weighted by molar-refractivity contribution is 7.14. The van der Waals surface area contributed by atoms with Crippen molar-refractivity contribution in [3.05, 3.63) is 38.1 Å². The first-order valence-electron chi connectivity index (χ1n) is 9.17. The fourth-order valence-corrected chi connectivity index (χ4v) is 4.30. The number of morpholine rings is 1. The van der Waals surface area contributed by atoms with Gasteiger partial charge in [-0.05, 0) is 31.0 Å². The van der Waals surface area contributed by atoms with Crippen molar-refractivity contribution >= 4 is 40.4 Å². The predicted octanol–water partition coefficient (Wildman–Crippen LogP) is 4.83. The van der Waals surface area contributed by atoms with Crippen LogP contribution in [0, 0.1) is 0 Å². The lowest BCUT2D eigenvalue weighted by atomic mass is 10.1. The van der Waals surface area contributed by atoms with Gasteiger partial charge in [-0.2, -0.15) is 0 Å². The van der Waals surface area contributed by atoms with Crippen molar-refractivity contribution in [2.24, 2.45) is 0 Å². The second-order valence-electron chi connectivity index (χ2n) is 6.41. The number of benzene rings is 1. The maximum Gasteiger partial charge on any atom is 0.294 e. The molecule has 0 unspecified atom stereocenters. The molecule has 2 heterocycles. The van der Waals surface area contributed by atoms with E-state index in [-0.39, 0.29) is 5.91 Å². The summed E-state index contributed by atoms with van der Waals surface area (Å²) >= 11 is 14.0. The predicted molar refractivity (Wildman–Crippen MR) is 111 cm³/mol. The SMILES string of the molecule is CCCCCc1sc(C(=O)NN2CCOCC2)nc1-c1cc(Cl)ccc1Cl. The standard InChI is InChI=1S/C19H23Cl2N3O2S/c1-2-3-4-5-16-17(14-12-13(20)6-7-15(14)21)22-19(27-16)18(25)23-24-8-10-26-11-9-24/h6-7,12H,2-5,8-11H2,1H3,(H,23,25). The summed E-state index contributed by atoms with van der Waals surface area (Å²) in [4.78, 5) is 18.4. The fourth-order valence-electron chi connectivity index (χ4n) is 2.91. The van der Waals surface area contributed by atoms with Crippen LogP contribution in [0.4, 0.5) is 0 Å². The molecule has 1 amide bonds. The first-order chi connectivity index (χ1) is 13.1. The smallest absolute Gasteiger partial charge is 0.294 e. The lowest BCUT2D eigenvalue weighted by Gasteiger charge is -2.26. The minimum absolute atomic E-state index is 0.192. The number of unbranched alkanes of at least 4 members (excludes halogenated alkanes) is 2. The molecule has 1 aliphatic rings. The molecule has 0 spiro atoms. The topological polar surface area (TPSA) is 54.5 Å². The number of rotatable bonds is 7. The molecule has 0 radical (unpaired) electrons. The van der Waals surface area contributed by atoms with Gasteiger partial charge in [0.1, 0.15) is 0 Å². The Balaban J connectivity index is 1.86. The number of nitrogens with one attached hydrogen (secondary N) is 1. The summed E-state index contributed by atoms with van der Waals surface area (Å²) in [5, 5.41) is 3.50.